The first-order valence-electron chi connectivity index (χ1n) is 6.17. The minimum atomic E-state index is -2.08. The Balaban J connectivity index is 2.31. The molecule has 1 fully saturated rings. The van der Waals surface area contributed by atoms with Crippen molar-refractivity contribution < 1.29 is 5.48 Å². The molecule has 2 rings (SSSR count). The van der Waals surface area contributed by atoms with Crippen LogP contribution in [0.5, 0.6) is 0 Å². The van der Waals surface area contributed by atoms with E-state index in [1.807, 2.05) is 0 Å². The summed E-state index contributed by atoms with van der Waals surface area (Å²) in [7, 11) is 0. The third-order valence-electron chi connectivity index (χ3n) is 2.24. The van der Waals surface area contributed by atoms with E-state index in [1.54, 1.807) is 18.5 Å². The van der Waals surface area contributed by atoms with Crippen molar-refractivity contribution in [2.45, 2.75) is 18.9 Å². The second-order valence-corrected chi connectivity index (χ2v) is 3.05. The number of hydrogen-bond donors (Lipinski definition) is 0. The van der Waals surface area contributed by atoms with E-state index < -0.39 is 6.98 Å². The summed E-state index contributed by atoms with van der Waals surface area (Å²) in [5.41, 5.74) is 0.719. The fourth-order valence-corrected chi connectivity index (χ4v) is 1.61. The zero-order valence-electron chi connectivity index (χ0n) is 10.8. The summed E-state index contributed by atoms with van der Waals surface area (Å²) in [6.07, 6.45) is 4.81. The van der Waals surface area contributed by atoms with E-state index >= 15 is 0 Å². The van der Waals surface area contributed by atoms with Crippen molar-refractivity contribution in [1.29, 1.82) is 0 Å². The molecule has 1 aliphatic heterocycles. The standard InChI is InChI=1S/C10H14N2/c1-12-7-3-5-10(12)9-4-2-6-11-8-9/h2,4,6,8,10H,3,5,7H2,1H3/i1D3,4D. The largest absolute Gasteiger partial charge is 0.299 e. The van der Waals surface area contributed by atoms with E-state index in [-0.39, 0.29) is 6.04 Å². The highest BCUT2D eigenvalue weighted by atomic mass is 15.1. The molecule has 0 N–H and O–H groups in total. The minimum Gasteiger partial charge on any atom is -0.299 e. The fourth-order valence-electron chi connectivity index (χ4n) is 1.61. The third kappa shape index (κ3) is 1.34. The molecule has 12 heavy (non-hydrogen) atoms. The van der Waals surface area contributed by atoms with E-state index in [9.17, 15) is 0 Å². The Morgan fingerprint density at radius 1 is 1.83 bits per heavy atom. The molecule has 2 heteroatoms. The molecular weight excluding hydrogens is 148 g/mol. The Morgan fingerprint density at radius 2 is 2.83 bits per heavy atom. The van der Waals surface area contributed by atoms with E-state index in [0.29, 0.717) is 12.6 Å². The highest BCUT2D eigenvalue weighted by molar-refractivity contribution is 5.14. The molecule has 0 aromatic carbocycles. The molecule has 1 aromatic heterocycles. The lowest BCUT2D eigenvalue weighted by molar-refractivity contribution is 0.317. The summed E-state index contributed by atoms with van der Waals surface area (Å²) in [6, 6.07) is 1.79. The summed E-state index contributed by atoms with van der Waals surface area (Å²) < 4.78 is 30.2. The van der Waals surface area contributed by atoms with Crippen LogP contribution in [0.25, 0.3) is 0 Å². The lowest BCUT2D eigenvalue weighted by atomic mass is 10.1. The van der Waals surface area contributed by atoms with Gasteiger partial charge in [-0.25, -0.2) is 0 Å². The molecule has 0 spiro atoms. The van der Waals surface area contributed by atoms with Crippen molar-refractivity contribution in [1.82, 2.24) is 9.88 Å². The van der Waals surface area contributed by atoms with Gasteiger partial charge in [0.2, 0.25) is 0 Å². The average molecular weight is 166 g/mol. The minimum absolute atomic E-state index is 0.186. The first kappa shape index (κ1) is 4.38. The van der Waals surface area contributed by atoms with E-state index in [2.05, 4.69) is 4.98 Å². The van der Waals surface area contributed by atoms with Crippen molar-refractivity contribution in [2.24, 2.45) is 0 Å². The number of hydrogen-bond acceptors (Lipinski definition) is 2. The van der Waals surface area contributed by atoms with Gasteiger partial charge in [-0.3, -0.25) is 9.88 Å². The van der Waals surface area contributed by atoms with Crippen molar-refractivity contribution in [2.75, 3.05) is 13.5 Å². The van der Waals surface area contributed by atoms with Crippen LogP contribution in [0.1, 0.15) is 29.9 Å². The van der Waals surface area contributed by atoms with Crippen LogP contribution in [0.15, 0.2) is 24.5 Å². The summed E-state index contributed by atoms with van der Waals surface area (Å²) in [5, 5.41) is 0. The van der Waals surface area contributed by atoms with E-state index in [4.69, 9.17) is 5.48 Å². The fraction of sp³-hybridized carbons (Fsp3) is 0.500. The molecule has 2 nitrogen and oxygen atoms in total. The van der Waals surface area contributed by atoms with Crippen LogP contribution in [0.3, 0.4) is 0 Å². The van der Waals surface area contributed by atoms with Gasteiger partial charge in [0.15, 0.2) is 0 Å². The predicted molar refractivity (Wildman–Crippen MR) is 48.8 cm³/mol. The van der Waals surface area contributed by atoms with E-state index in [1.165, 1.54) is 4.90 Å². The molecule has 0 bridgehead atoms. The van der Waals surface area contributed by atoms with Gasteiger partial charge < -0.3 is 0 Å². The van der Waals surface area contributed by atoms with Gasteiger partial charge in [-0.1, -0.05) is 6.04 Å². The second kappa shape index (κ2) is 3.23. The van der Waals surface area contributed by atoms with Gasteiger partial charge in [-0.15, -0.1) is 0 Å². The predicted octanol–water partition coefficient (Wildman–Crippen LogP) is 1.85. The van der Waals surface area contributed by atoms with Crippen LogP contribution >= 0.6 is 0 Å². The number of pyridine rings is 1. The molecule has 1 atom stereocenters. The summed E-state index contributed by atoms with van der Waals surface area (Å²) in [6.45, 7) is -1.51. The molecule has 1 aliphatic rings. The Kier molecular flexibility index (Phi) is 1.18. The molecule has 0 amide bonds. The molecule has 0 saturated carbocycles. The second-order valence-electron chi connectivity index (χ2n) is 3.05. The molecule has 64 valence electrons. The van der Waals surface area contributed by atoms with Crippen molar-refractivity contribution >= 4 is 0 Å². The molecular formula is C10H14N2. The van der Waals surface area contributed by atoms with E-state index in [0.717, 1.165) is 18.4 Å². The summed E-state index contributed by atoms with van der Waals surface area (Å²) in [4.78, 5) is 5.46. The molecule has 0 radical (unpaired) electrons. The highest BCUT2D eigenvalue weighted by Gasteiger charge is 2.21. The third-order valence-corrected chi connectivity index (χ3v) is 2.24. The van der Waals surface area contributed by atoms with Gasteiger partial charge in [-0.2, -0.15) is 0 Å². The van der Waals surface area contributed by atoms with Crippen molar-refractivity contribution in [3.05, 3.63) is 30.1 Å². The lowest BCUT2D eigenvalue weighted by Gasteiger charge is -2.18. The Labute approximate surface area is 78.8 Å². The van der Waals surface area contributed by atoms with Crippen LogP contribution in [0, 0.1) is 0 Å². The van der Waals surface area contributed by atoms with Crippen LogP contribution < -0.4 is 0 Å². The van der Waals surface area contributed by atoms with Crippen LogP contribution in [-0.4, -0.2) is 23.4 Å². The van der Waals surface area contributed by atoms with Gasteiger partial charge in [-0.05, 0) is 38.0 Å². The van der Waals surface area contributed by atoms with Gasteiger partial charge in [0.05, 0.1) is 1.37 Å². The monoisotopic (exact) mass is 166 g/mol. The SMILES string of the molecule is [2H]c1ccncc1C1CCCN1C([2H])([2H])[2H]. The van der Waals surface area contributed by atoms with Crippen LogP contribution in [0.4, 0.5) is 0 Å². The van der Waals surface area contributed by atoms with Gasteiger partial charge in [0.25, 0.3) is 0 Å². The van der Waals surface area contributed by atoms with Gasteiger partial charge in [0, 0.05) is 22.5 Å². The molecule has 1 saturated heterocycles. The topological polar surface area (TPSA) is 16.1 Å². The molecule has 1 aromatic rings. The quantitative estimate of drug-likeness (QED) is 0.633. The highest BCUT2D eigenvalue weighted by Crippen LogP contribution is 2.29. The summed E-state index contributed by atoms with van der Waals surface area (Å²) >= 11 is 0. The normalized spacial score (nSPS) is 30.5. The zero-order chi connectivity index (χ0) is 11.8. The molecule has 0 aliphatic carbocycles. The smallest absolute Gasteiger partial charge is 0.0627 e. The zero-order valence-corrected chi connectivity index (χ0v) is 6.83. The van der Waals surface area contributed by atoms with Gasteiger partial charge >= 0.3 is 0 Å². The average Bonchev–Trinajstić information content (AvgIpc) is 2.66. The lowest BCUT2D eigenvalue weighted by Crippen LogP contribution is -2.17. The first-order chi connectivity index (χ1) is 7.50. The van der Waals surface area contributed by atoms with Crippen LogP contribution in [-0.2, 0) is 0 Å². The van der Waals surface area contributed by atoms with Gasteiger partial charge in [0.1, 0.15) is 0 Å². The maximum atomic E-state index is 7.78. The molecule has 1 unspecified atom stereocenters. The number of nitrogens with zero attached hydrogens (tertiary/aromatic N) is 2. The number of rotatable bonds is 1. The van der Waals surface area contributed by atoms with Crippen molar-refractivity contribution in [3.8, 4) is 0 Å². The maximum Gasteiger partial charge on any atom is 0.0627 e. The first-order valence-corrected chi connectivity index (χ1v) is 4.17. The van der Waals surface area contributed by atoms with Crippen LogP contribution in [0.2, 0.25) is 0 Å². The maximum absolute atomic E-state index is 7.78. The number of likely N-dealkylation sites (tertiary alicyclic amines) is 1. The Hall–Kier alpha value is -0.890. The summed E-state index contributed by atoms with van der Waals surface area (Å²) in [5.74, 6) is 0. The molecule has 2 heterocycles. The van der Waals surface area contributed by atoms with Crippen molar-refractivity contribution in [3.63, 3.8) is 0 Å². The number of aromatic nitrogens is 1. The Morgan fingerprint density at radius 3 is 3.67 bits per heavy atom. The Bertz CT molecular complexity index is 377.